The van der Waals surface area contributed by atoms with Gasteiger partial charge in [-0.25, -0.2) is 0 Å². The van der Waals surface area contributed by atoms with Crippen molar-refractivity contribution < 1.29 is 9.47 Å². The maximum Gasteiger partial charge on any atom is 0.0702 e. The third-order valence-corrected chi connectivity index (χ3v) is 4.94. The van der Waals surface area contributed by atoms with Crippen LogP contribution < -0.4 is 0 Å². The first kappa shape index (κ1) is 14.8. The third kappa shape index (κ3) is 4.42. The predicted octanol–water partition coefficient (Wildman–Crippen LogP) is 1.74. The second kappa shape index (κ2) is 7.74. The minimum atomic E-state index is 0.497. The fourth-order valence-electron chi connectivity index (χ4n) is 3.63. The molecule has 0 N–H and O–H groups in total. The zero-order chi connectivity index (χ0) is 13.6. The Balaban J connectivity index is 1.33. The van der Waals surface area contributed by atoms with Crippen LogP contribution in [-0.2, 0) is 9.47 Å². The first-order chi connectivity index (χ1) is 9.90. The van der Waals surface area contributed by atoms with E-state index in [-0.39, 0.29) is 0 Å². The van der Waals surface area contributed by atoms with Gasteiger partial charge >= 0.3 is 0 Å². The van der Waals surface area contributed by atoms with Gasteiger partial charge in [-0.15, -0.1) is 0 Å². The van der Waals surface area contributed by atoms with Crippen molar-refractivity contribution in [2.24, 2.45) is 0 Å². The molecule has 0 unspecified atom stereocenters. The van der Waals surface area contributed by atoms with Gasteiger partial charge in [-0.05, 0) is 38.5 Å². The minimum Gasteiger partial charge on any atom is -0.377 e. The van der Waals surface area contributed by atoms with Crippen molar-refractivity contribution in [1.82, 2.24) is 9.80 Å². The molecule has 0 spiro atoms. The summed E-state index contributed by atoms with van der Waals surface area (Å²) in [4.78, 5) is 5.18. The van der Waals surface area contributed by atoms with E-state index in [1.807, 2.05) is 0 Å². The van der Waals surface area contributed by atoms with Gasteiger partial charge in [0.05, 0.1) is 12.2 Å². The summed E-state index contributed by atoms with van der Waals surface area (Å²) in [6.45, 7) is 9.05. The molecule has 20 heavy (non-hydrogen) atoms. The molecule has 3 fully saturated rings. The summed E-state index contributed by atoms with van der Waals surface area (Å²) in [7, 11) is 0. The van der Waals surface area contributed by atoms with Gasteiger partial charge in [0.15, 0.2) is 0 Å². The topological polar surface area (TPSA) is 24.9 Å². The Morgan fingerprint density at radius 2 is 1.10 bits per heavy atom. The largest absolute Gasteiger partial charge is 0.377 e. The second-order valence-electron chi connectivity index (χ2n) is 6.58. The molecule has 4 heteroatoms. The van der Waals surface area contributed by atoms with Crippen LogP contribution in [0.2, 0.25) is 0 Å². The van der Waals surface area contributed by atoms with Gasteiger partial charge < -0.3 is 9.47 Å². The van der Waals surface area contributed by atoms with Crippen molar-refractivity contribution in [3.8, 4) is 0 Å². The maximum absolute atomic E-state index is 5.85. The summed E-state index contributed by atoms with van der Waals surface area (Å²) in [6, 6.07) is 0. The normalized spacial score (nSPS) is 34.2. The maximum atomic E-state index is 5.85. The Morgan fingerprint density at radius 1 is 0.650 bits per heavy atom. The first-order valence-corrected chi connectivity index (χ1v) is 8.58. The van der Waals surface area contributed by atoms with Crippen LogP contribution in [0.5, 0.6) is 0 Å². The Bertz CT molecular complexity index is 240. The van der Waals surface area contributed by atoms with Gasteiger partial charge in [0, 0.05) is 52.5 Å². The van der Waals surface area contributed by atoms with Gasteiger partial charge in [0.25, 0.3) is 0 Å². The van der Waals surface area contributed by atoms with Crippen molar-refractivity contribution in [1.29, 1.82) is 0 Å². The average Bonchev–Trinajstić information content (AvgIpc) is 2.51. The van der Waals surface area contributed by atoms with E-state index in [9.17, 15) is 0 Å². The van der Waals surface area contributed by atoms with Crippen molar-refractivity contribution in [3.63, 3.8) is 0 Å². The number of hydrogen-bond donors (Lipinski definition) is 0. The highest BCUT2D eigenvalue weighted by Crippen LogP contribution is 2.17. The smallest absolute Gasteiger partial charge is 0.0702 e. The molecule has 0 aliphatic carbocycles. The molecule has 3 saturated heterocycles. The zero-order valence-corrected chi connectivity index (χ0v) is 12.8. The molecular weight excluding hydrogens is 252 g/mol. The van der Waals surface area contributed by atoms with Crippen LogP contribution in [0, 0.1) is 0 Å². The highest BCUT2D eigenvalue weighted by molar-refractivity contribution is 4.78. The van der Waals surface area contributed by atoms with Crippen molar-refractivity contribution in [3.05, 3.63) is 0 Å². The van der Waals surface area contributed by atoms with E-state index in [2.05, 4.69) is 9.80 Å². The Morgan fingerprint density at radius 3 is 1.45 bits per heavy atom. The zero-order valence-electron chi connectivity index (χ0n) is 12.8. The lowest BCUT2D eigenvalue weighted by Gasteiger charge is -2.38. The molecule has 3 rings (SSSR count). The first-order valence-electron chi connectivity index (χ1n) is 8.58. The van der Waals surface area contributed by atoms with Gasteiger partial charge in [-0.3, -0.25) is 9.80 Å². The molecule has 3 heterocycles. The molecule has 3 aliphatic heterocycles. The fourth-order valence-corrected chi connectivity index (χ4v) is 3.63. The molecule has 0 aromatic rings. The molecule has 0 bridgehead atoms. The monoisotopic (exact) mass is 282 g/mol. The Kier molecular flexibility index (Phi) is 5.71. The Hall–Kier alpha value is -0.160. The summed E-state index contributed by atoms with van der Waals surface area (Å²) >= 11 is 0. The lowest BCUT2D eigenvalue weighted by atomic mass is 10.1. The SMILES string of the molecule is C1CC[C@H](CN2CCN(C[C@H]3CCCCO3)CC2)OC1. The lowest BCUT2D eigenvalue weighted by molar-refractivity contribution is -0.0299. The van der Waals surface area contributed by atoms with Crippen LogP contribution in [0.4, 0.5) is 0 Å². The van der Waals surface area contributed by atoms with Crippen molar-refractivity contribution in [2.45, 2.75) is 50.7 Å². The number of rotatable bonds is 4. The summed E-state index contributed by atoms with van der Waals surface area (Å²) < 4.78 is 11.7. The lowest BCUT2D eigenvalue weighted by Crippen LogP contribution is -2.51. The second-order valence-corrected chi connectivity index (χ2v) is 6.58. The van der Waals surface area contributed by atoms with Crippen LogP contribution in [0.3, 0.4) is 0 Å². The number of hydrogen-bond acceptors (Lipinski definition) is 4. The molecule has 116 valence electrons. The summed E-state index contributed by atoms with van der Waals surface area (Å²) in [6.07, 6.45) is 8.73. The summed E-state index contributed by atoms with van der Waals surface area (Å²) in [5, 5.41) is 0. The van der Waals surface area contributed by atoms with E-state index in [4.69, 9.17) is 9.47 Å². The van der Waals surface area contributed by atoms with E-state index >= 15 is 0 Å². The van der Waals surface area contributed by atoms with Crippen molar-refractivity contribution >= 4 is 0 Å². The quantitative estimate of drug-likeness (QED) is 0.784. The van der Waals surface area contributed by atoms with Gasteiger partial charge in [0.2, 0.25) is 0 Å². The van der Waals surface area contributed by atoms with Gasteiger partial charge in [-0.2, -0.15) is 0 Å². The number of ether oxygens (including phenoxy) is 2. The van der Waals surface area contributed by atoms with Crippen LogP contribution in [0.1, 0.15) is 38.5 Å². The van der Waals surface area contributed by atoms with E-state index in [1.54, 1.807) is 0 Å². The standard InChI is InChI=1S/C16H30N2O2/c1-3-11-19-15(5-1)13-17-7-9-18(10-8-17)14-16-6-2-4-12-20-16/h15-16H,1-14H2/t15-,16-/m1/s1. The van der Waals surface area contributed by atoms with Crippen LogP contribution in [-0.4, -0.2) is 74.5 Å². The molecule has 2 atom stereocenters. The molecule has 0 radical (unpaired) electrons. The van der Waals surface area contributed by atoms with E-state index < -0.39 is 0 Å². The minimum absolute atomic E-state index is 0.497. The van der Waals surface area contributed by atoms with Crippen molar-refractivity contribution in [2.75, 3.05) is 52.5 Å². The molecule has 0 aromatic heterocycles. The van der Waals surface area contributed by atoms with E-state index in [0.29, 0.717) is 12.2 Å². The Labute approximate surface area is 123 Å². The van der Waals surface area contributed by atoms with E-state index in [1.165, 1.54) is 64.7 Å². The average molecular weight is 282 g/mol. The molecule has 0 amide bonds. The molecule has 3 aliphatic rings. The summed E-state index contributed by atoms with van der Waals surface area (Å²) in [5.41, 5.74) is 0. The molecule has 4 nitrogen and oxygen atoms in total. The highest BCUT2D eigenvalue weighted by atomic mass is 16.5. The predicted molar refractivity (Wildman–Crippen MR) is 80.1 cm³/mol. The van der Waals surface area contributed by atoms with E-state index in [0.717, 1.165) is 26.3 Å². The highest BCUT2D eigenvalue weighted by Gasteiger charge is 2.24. The summed E-state index contributed by atoms with van der Waals surface area (Å²) in [5.74, 6) is 0. The molecular formula is C16H30N2O2. The fraction of sp³-hybridized carbons (Fsp3) is 1.00. The number of nitrogens with zero attached hydrogens (tertiary/aromatic N) is 2. The van der Waals surface area contributed by atoms with Gasteiger partial charge in [-0.1, -0.05) is 0 Å². The van der Waals surface area contributed by atoms with Gasteiger partial charge in [0.1, 0.15) is 0 Å². The van der Waals surface area contributed by atoms with Crippen LogP contribution >= 0.6 is 0 Å². The van der Waals surface area contributed by atoms with Crippen LogP contribution in [0.25, 0.3) is 0 Å². The third-order valence-electron chi connectivity index (χ3n) is 4.94. The number of piperazine rings is 1. The molecule has 0 aromatic carbocycles. The molecule has 0 saturated carbocycles. The van der Waals surface area contributed by atoms with Crippen LogP contribution in [0.15, 0.2) is 0 Å².